The van der Waals surface area contributed by atoms with Crippen LogP contribution < -0.4 is 5.32 Å². The zero-order valence-corrected chi connectivity index (χ0v) is 19.1. The molecule has 6 nitrogen and oxygen atoms in total. The molecule has 1 aromatic heterocycles. The molecule has 2 aromatic carbocycles. The van der Waals surface area contributed by atoms with Gasteiger partial charge in [-0.2, -0.15) is 0 Å². The number of amides is 3. The van der Waals surface area contributed by atoms with Crippen molar-refractivity contribution in [2.45, 2.75) is 19.5 Å². The Kier molecular flexibility index (Phi) is 9.28. The van der Waals surface area contributed by atoms with Crippen molar-refractivity contribution in [2.75, 3.05) is 32.1 Å². The zero-order chi connectivity index (χ0) is 22.6. The number of urea groups is 1. The molecule has 1 heterocycles. The Morgan fingerprint density at radius 2 is 1.62 bits per heavy atom. The van der Waals surface area contributed by atoms with Gasteiger partial charge in [0.15, 0.2) is 0 Å². The van der Waals surface area contributed by atoms with Crippen molar-refractivity contribution < 1.29 is 14.3 Å². The van der Waals surface area contributed by atoms with Crippen LogP contribution in [0.15, 0.2) is 78.2 Å². The first-order valence-corrected chi connectivity index (χ1v) is 11.5. The van der Waals surface area contributed by atoms with Crippen molar-refractivity contribution in [2.24, 2.45) is 0 Å². The second-order valence-corrected chi connectivity index (χ2v) is 8.41. The fourth-order valence-corrected chi connectivity index (χ4v) is 3.99. The number of thiophene rings is 1. The average Bonchev–Trinajstić information content (AvgIpc) is 3.32. The molecule has 0 spiro atoms. The Morgan fingerprint density at radius 1 is 0.906 bits per heavy atom. The van der Waals surface area contributed by atoms with E-state index in [1.165, 1.54) is 0 Å². The topological polar surface area (TPSA) is 61.9 Å². The van der Waals surface area contributed by atoms with Gasteiger partial charge >= 0.3 is 6.03 Å². The smallest absolute Gasteiger partial charge is 0.322 e. The number of para-hydroxylation sites is 1. The number of rotatable bonds is 11. The molecule has 0 aliphatic rings. The first-order chi connectivity index (χ1) is 15.7. The Balaban J connectivity index is 1.72. The summed E-state index contributed by atoms with van der Waals surface area (Å²) >= 11 is 1.62. The Labute approximate surface area is 193 Å². The van der Waals surface area contributed by atoms with E-state index in [9.17, 15) is 9.59 Å². The van der Waals surface area contributed by atoms with Crippen LogP contribution >= 0.6 is 11.3 Å². The molecule has 0 saturated carbocycles. The van der Waals surface area contributed by atoms with E-state index in [-0.39, 0.29) is 18.5 Å². The van der Waals surface area contributed by atoms with Crippen molar-refractivity contribution in [3.63, 3.8) is 0 Å². The van der Waals surface area contributed by atoms with Crippen molar-refractivity contribution in [3.8, 4) is 0 Å². The highest BCUT2D eigenvalue weighted by molar-refractivity contribution is 7.09. The van der Waals surface area contributed by atoms with Crippen LogP contribution in [-0.2, 0) is 22.6 Å². The highest BCUT2D eigenvalue weighted by Crippen LogP contribution is 2.16. The number of hydrogen-bond donors (Lipinski definition) is 1. The highest BCUT2D eigenvalue weighted by atomic mass is 32.1. The predicted molar refractivity (Wildman–Crippen MR) is 129 cm³/mol. The van der Waals surface area contributed by atoms with Gasteiger partial charge in [-0.25, -0.2) is 4.79 Å². The van der Waals surface area contributed by atoms with E-state index in [2.05, 4.69) is 5.32 Å². The molecule has 0 fully saturated rings. The summed E-state index contributed by atoms with van der Waals surface area (Å²) in [7, 11) is 1.63. The molecular formula is C25H29N3O3S. The van der Waals surface area contributed by atoms with Gasteiger partial charge in [0, 0.05) is 37.4 Å². The number of carbonyl (C=O) groups is 2. The maximum Gasteiger partial charge on any atom is 0.322 e. The summed E-state index contributed by atoms with van der Waals surface area (Å²) in [5.74, 6) is -0.0946. The van der Waals surface area contributed by atoms with Crippen LogP contribution in [0.2, 0.25) is 0 Å². The van der Waals surface area contributed by atoms with Gasteiger partial charge in [-0.15, -0.1) is 11.3 Å². The van der Waals surface area contributed by atoms with Crippen LogP contribution in [-0.4, -0.2) is 48.5 Å². The van der Waals surface area contributed by atoms with Gasteiger partial charge in [-0.3, -0.25) is 4.79 Å². The van der Waals surface area contributed by atoms with Crippen molar-refractivity contribution in [1.29, 1.82) is 0 Å². The minimum absolute atomic E-state index is 0.000585. The molecule has 168 valence electrons. The molecule has 32 heavy (non-hydrogen) atoms. The monoisotopic (exact) mass is 451 g/mol. The number of methoxy groups -OCH3 is 1. The molecule has 3 rings (SSSR count). The number of nitrogens with zero attached hydrogens (tertiary/aromatic N) is 2. The Hall–Kier alpha value is -3.16. The van der Waals surface area contributed by atoms with E-state index in [0.29, 0.717) is 38.3 Å². The van der Waals surface area contributed by atoms with Gasteiger partial charge in [0.2, 0.25) is 5.91 Å². The van der Waals surface area contributed by atoms with Crippen LogP contribution in [0.25, 0.3) is 0 Å². The first-order valence-electron chi connectivity index (χ1n) is 10.6. The molecule has 7 heteroatoms. The van der Waals surface area contributed by atoms with E-state index >= 15 is 0 Å². The number of carbonyl (C=O) groups excluding carboxylic acids is 2. The SMILES string of the molecule is COCCCN(CC(=O)N(Cc1ccccc1)Cc1cccs1)C(=O)Nc1ccccc1. The van der Waals surface area contributed by atoms with Crippen LogP contribution in [0.4, 0.5) is 10.5 Å². The number of anilines is 1. The molecule has 0 atom stereocenters. The quantitative estimate of drug-likeness (QED) is 0.424. The Morgan fingerprint density at radius 3 is 2.28 bits per heavy atom. The summed E-state index contributed by atoms with van der Waals surface area (Å²) < 4.78 is 5.14. The number of nitrogens with one attached hydrogen (secondary N) is 1. The second-order valence-electron chi connectivity index (χ2n) is 7.38. The molecule has 1 N–H and O–H groups in total. The molecule has 0 saturated heterocycles. The van der Waals surface area contributed by atoms with E-state index in [4.69, 9.17) is 4.74 Å². The van der Waals surface area contributed by atoms with E-state index in [1.807, 2.05) is 78.2 Å². The van der Waals surface area contributed by atoms with Gasteiger partial charge in [-0.05, 0) is 35.6 Å². The van der Waals surface area contributed by atoms with Crippen LogP contribution in [0.5, 0.6) is 0 Å². The molecule has 3 amide bonds. The first kappa shape index (κ1) is 23.5. The van der Waals surface area contributed by atoms with Crippen LogP contribution in [0.1, 0.15) is 16.9 Å². The van der Waals surface area contributed by atoms with Crippen LogP contribution in [0.3, 0.4) is 0 Å². The lowest BCUT2D eigenvalue weighted by Gasteiger charge is -2.28. The fraction of sp³-hybridized carbons (Fsp3) is 0.280. The molecule has 0 aliphatic heterocycles. The minimum atomic E-state index is -0.295. The molecule has 0 radical (unpaired) electrons. The standard InChI is InChI=1S/C25H29N3O3S/c1-31-16-9-15-27(25(30)26-22-12-6-3-7-13-22)20-24(29)28(19-23-14-8-17-32-23)18-21-10-4-2-5-11-21/h2-8,10-14,17H,9,15-16,18-20H2,1H3,(H,26,30). The lowest BCUT2D eigenvalue weighted by atomic mass is 10.2. The van der Waals surface area contributed by atoms with Gasteiger partial charge in [-0.1, -0.05) is 54.6 Å². The third-order valence-electron chi connectivity index (χ3n) is 4.91. The average molecular weight is 452 g/mol. The summed E-state index contributed by atoms with van der Waals surface area (Å²) in [6.07, 6.45) is 0.648. The summed E-state index contributed by atoms with van der Waals surface area (Å²) in [5, 5.41) is 4.89. The number of ether oxygens (including phenoxy) is 1. The second kappa shape index (κ2) is 12.6. The van der Waals surface area contributed by atoms with Crippen molar-refractivity contribution in [1.82, 2.24) is 9.80 Å². The molecule has 0 aliphatic carbocycles. The molecular weight excluding hydrogens is 422 g/mol. The van der Waals surface area contributed by atoms with E-state index < -0.39 is 0 Å². The predicted octanol–water partition coefficient (Wildman–Crippen LogP) is 4.85. The molecule has 0 unspecified atom stereocenters. The zero-order valence-electron chi connectivity index (χ0n) is 18.3. The van der Waals surface area contributed by atoms with Gasteiger partial charge < -0.3 is 19.9 Å². The summed E-state index contributed by atoms with van der Waals surface area (Å²) in [4.78, 5) is 30.8. The molecule has 0 bridgehead atoms. The fourth-order valence-electron chi connectivity index (χ4n) is 3.27. The lowest BCUT2D eigenvalue weighted by molar-refractivity contribution is -0.133. The van der Waals surface area contributed by atoms with Crippen molar-refractivity contribution in [3.05, 3.63) is 88.6 Å². The number of hydrogen-bond acceptors (Lipinski definition) is 4. The lowest BCUT2D eigenvalue weighted by Crippen LogP contribution is -2.44. The van der Waals surface area contributed by atoms with Gasteiger partial charge in [0.05, 0.1) is 6.54 Å². The largest absolute Gasteiger partial charge is 0.385 e. The van der Waals surface area contributed by atoms with Crippen molar-refractivity contribution >= 4 is 29.0 Å². The van der Waals surface area contributed by atoms with Gasteiger partial charge in [0.1, 0.15) is 6.54 Å². The third-order valence-corrected chi connectivity index (χ3v) is 5.77. The van der Waals surface area contributed by atoms with E-state index in [1.54, 1.807) is 28.2 Å². The normalized spacial score (nSPS) is 10.5. The minimum Gasteiger partial charge on any atom is -0.385 e. The summed E-state index contributed by atoms with van der Waals surface area (Å²) in [6, 6.07) is 22.9. The highest BCUT2D eigenvalue weighted by Gasteiger charge is 2.22. The molecule has 3 aromatic rings. The van der Waals surface area contributed by atoms with E-state index in [0.717, 1.165) is 10.4 Å². The van der Waals surface area contributed by atoms with Crippen LogP contribution in [0, 0.1) is 0 Å². The maximum absolute atomic E-state index is 13.4. The maximum atomic E-state index is 13.4. The third kappa shape index (κ3) is 7.51. The summed E-state index contributed by atoms with van der Waals surface area (Å²) in [6.45, 7) is 1.95. The van der Waals surface area contributed by atoms with Gasteiger partial charge in [0.25, 0.3) is 0 Å². The Bertz CT molecular complexity index is 949. The number of benzene rings is 2. The summed E-state index contributed by atoms with van der Waals surface area (Å²) in [5.41, 5.74) is 1.75.